The van der Waals surface area contributed by atoms with E-state index >= 15 is 0 Å². The van der Waals surface area contributed by atoms with Gasteiger partial charge >= 0.3 is 12.1 Å². The minimum atomic E-state index is -4.71. The number of hydrogen-bond acceptors (Lipinski definition) is 4. The zero-order chi connectivity index (χ0) is 14.6. The third kappa shape index (κ3) is 3.97. The number of ether oxygens (including phenoxy) is 1. The highest BCUT2D eigenvalue weighted by atomic mass is 19.4. The first kappa shape index (κ1) is 15.0. The normalized spacial score (nSPS) is 11.2. The second-order valence-corrected chi connectivity index (χ2v) is 3.64. The summed E-state index contributed by atoms with van der Waals surface area (Å²) in [7, 11) is 2.45. The molecule has 0 saturated heterocycles. The van der Waals surface area contributed by atoms with Gasteiger partial charge in [-0.2, -0.15) is 18.3 Å². The molecule has 1 rings (SSSR count). The van der Waals surface area contributed by atoms with E-state index in [4.69, 9.17) is 0 Å². The number of nitrogens with zero attached hydrogens (tertiary/aromatic N) is 2. The Morgan fingerprint density at radius 2 is 2.11 bits per heavy atom. The van der Waals surface area contributed by atoms with Crippen molar-refractivity contribution in [1.29, 1.82) is 0 Å². The van der Waals surface area contributed by atoms with Gasteiger partial charge in [0.1, 0.15) is 0 Å². The number of halogens is 3. The van der Waals surface area contributed by atoms with Crippen LogP contribution in [0.15, 0.2) is 6.20 Å². The van der Waals surface area contributed by atoms with Crippen molar-refractivity contribution in [3.05, 3.63) is 17.5 Å². The molecule has 0 aliphatic heterocycles. The van der Waals surface area contributed by atoms with Crippen molar-refractivity contribution in [3.8, 4) is 0 Å². The highest BCUT2D eigenvalue weighted by Crippen LogP contribution is 2.30. The highest BCUT2D eigenvalue weighted by molar-refractivity contribution is 5.95. The van der Waals surface area contributed by atoms with Crippen molar-refractivity contribution in [1.82, 2.24) is 15.1 Å². The van der Waals surface area contributed by atoms with Gasteiger partial charge in [0.2, 0.25) is 0 Å². The van der Waals surface area contributed by atoms with Crippen molar-refractivity contribution >= 4 is 11.9 Å². The van der Waals surface area contributed by atoms with Gasteiger partial charge < -0.3 is 10.1 Å². The van der Waals surface area contributed by atoms with Crippen LogP contribution in [-0.4, -0.2) is 35.3 Å². The van der Waals surface area contributed by atoms with E-state index in [0.717, 1.165) is 10.9 Å². The van der Waals surface area contributed by atoms with Crippen LogP contribution in [0.2, 0.25) is 0 Å². The largest absolute Gasteiger partial charge is 0.469 e. The molecule has 0 radical (unpaired) electrons. The molecule has 0 fully saturated rings. The molecule has 0 aromatic carbocycles. The molecule has 9 heteroatoms. The Labute approximate surface area is 106 Å². The summed E-state index contributed by atoms with van der Waals surface area (Å²) in [5, 5.41) is 5.40. The molecule has 0 aliphatic rings. The Morgan fingerprint density at radius 3 is 2.63 bits per heavy atom. The average Bonchev–Trinajstić information content (AvgIpc) is 2.70. The molecule has 1 heterocycles. The molecule has 0 atom stereocenters. The molecule has 6 nitrogen and oxygen atoms in total. The minimum Gasteiger partial charge on any atom is -0.469 e. The number of nitrogens with one attached hydrogen (secondary N) is 1. The van der Waals surface area contributed by atoms with Gasteiger partial charge in [0.25, 0.3) is 5.91 Å². The highest BCUT2D eigenvalue weighted by Gasteiger charge is 2.38. The molecule has 19 heavy (non-hydrogen) atoms. The number of alkyl halides is 3. The van der Waals surface area contributed by atoms with Crippen molar-refractivity contribution in [2.24, 2.45) is 7.05 Å². The van der Waals surface area contributed by atoms with Gasteiger partial charge in [0, 0.05) is 19.8 Å². The van der Waals surface area contributed by atoms with E-state index in [1.54, 1.807) is 0 Å². The molecule has 0 unspecified atom stereocenters. The lowest BCUT2D eigenvalue weighted by molar-refractivity contribution is -0.142. The summed E-state index contributed by atoms with van der Waals surface area (Å²) in [5.74, 6) is -1.51. The molecule has 1 aromatic rings. The lowest BCUT2D eigenvalue weighted by Crippen LogP contribution is -2.28. The number of esters is 1. The summed E-state index contributed by atoms with van der Waals surface area (Å²) in [4.78, 5) is 22.4. The van der Waals surface area contributed by atoms with E-state index in [1.807, 2.05) is 0 Å². The maximum atomic E-state index is 12.6. The Balaban J connectivity index is 2.75. The van der Waals surface area contributed by atoms with Gasteiger partial charge in [0.15, 0.2) is 5.69 Å². The predicted molar refractivity (Wildman–Crippen MR) is 57.2 cm³/mol. The van der Waals surface area contributed by atoms with Gasteiger partial charge in [-0.1, -0.05) is 0 Å². The first-order chi connectivity index (χ1) is 8.75. The summed E-state index contributed by atoms with van der Waals surface area (Å²) < 4.78 is 43.0. The topological polar surface area (TPSA) is 73.2 Å². The van der Waals surface area contributed by atoms with Crippen LogP contribution in [0.5, 0.6) is 0 Å². The Hall–Kier alpha value is -2.06. The maximum Gasteiger partial charge on any atom is 0.435 e. The Morgan fingerprint density at radius 1 is 1.47 bits per heavy atom. The summed E-state index contributed by atoms with van der Waals surface area (Å²) in [5.41, 5.74) is -1.84. The van der Waals surface area contributed by atoms with Gasteiger partial charge in [-0.3, -0.25) is 14.3 Å². The second-order valence-electron chi connectivity index (χ2n) is 3.64. The van der Waals surface area contributed by atoms with Crippen molar-refractivity contribution < 1.29 is 27.5 Å². The molecular formula is C10H12F3N3O3. The second kappa shape index (κ2) is 5.72. The Kier molecular flexibility index (Phi) is 4.52. The third-order valence-corrected chi connectivity index (χ3v) is 2.18. The first-order valence-electron chi connectivity index (χ1n) is 5.21. The van der Waals surface area contributed by atoms with Crippen LogP contribution in [0.3, 0.4) is 0 Å². The molecule has 106 valence electrons. The van der Waals surface area contributed by atoms with Crippen LogP contribution in [-0.2, 0) is 22.8 Å². The van der Waals surface area contributed by atoms with Crippen LogP contribution in [0.25, 0.3) is 0 Å². The van der Waals surface area contributed by atoms with E-state index < -0.39 is 29.3 Å². The van der Waals surface area contributed by atoms with Crippen molar-refractivity contribution in [2.75, 3.05) is 13.7 Å². The standard InChI is InChI=1S/C10H12F3N3O3/c1-16-5-6(8(15-16)10(11,12)13)9(18)14-4-3-7(17)19-2/h5H,3-4H2,1-2H3,(H,14,18). The van der Waals surface area contributed by atoms with Crippen LogP contribution in [0, 0.1) is 0 Å². The molecule has 0 saturated carbocycles. The SMILES string of the molecule is COC(=O)CCNC(=O)c1cn(C)nc1C(F)(F)F. The molecule has 0 spiro atoms. The summed E-state index contributed by atoms with van der Waals surface area (Å²) in [6, 6.07) is 0. The molecular weight excluding hydrogens is 267 g/mol. The van der Waals surface area contributed by atoms with E-state index in [9.17, 15) is 22.8 Å². The number of amides is 1. The van der Waals surface area contributed by atoms with Gasteiger partial charge in [-0.15, -0.1) is 0 Å². The number of methoxy groups -OCH3 is 1. The van der Waals surface area contributed by atoms with Crippen molar-refractivity contribution in [2.45, 2.75) is 12.6 Å². The Bertz CT molecular complexity index is 482. The van der Waals surface area contributed by atoms with E-state index in [2.05, 4.69) is 15.2 Å². The first-order valence-corrected chi connectivity index (χ1v) is 5.21. The number of rotatable bonds is 4. The molecule has 0 aliphatic carbocycles. The predicted octanol–water partition coefficient (Wildman–Crippen LogP) is 0.732. The average molecular weight is 279 g/mol. The lowest BCUT2D eigenvalue weighted by Gasteiger charge is -2.06. The minimum absolute atomic E-state index is 0.113. The van der Waals surface area contributed by atoms with E-state index in [-0.39, 0.29) is 13.0 Å². The van der Waals surface area contributed by atoms with E-state index in [0.29, 0.717) is 0 Å². The quantitative estimate of drug-likeness (QED) is 0.825. The van der Waals surface area contributed by atoms with Crippen LogP contribution >= 0.6 is 0 Å². The molecule has 1 aromatic heterocycles. The summed E-state index contributed by atoms with van der Waals surface area (Å²) in [6.07, 6.45) is -3.86. The fourth-order valence-electron chi connectivity index (χ4n) is 1.34. The smallest absolute Gasteiger partial charge is 0.435 e. The number of aromatic nitrogens is 2. The number of carbonyl (C=O) groups excluding carboxylic acids is 2. The van der Waals surface area contributed by atoms with Crippen molar-refractivity contribution in [3.63, 3.8) is 0 Å². The number of carbonyl (C=O) groups is 2. The summed E-state index contributed by atoms with van der Waals surface area (Å²) >= 11 is 0. The maximum absolute atomic E-state index is 12.6. The number of aryl methyl sites for hydroxylation is 1. The fraction of sp³-hybridized carbons (Fsp3) is 0.500. The lowest BCUT2D eigenvalue weighted by atomic mass is 10.2. The number of hydrogen-bond donors (Lipinski definition) is 1. The van der Waals surface area contributed by atoms with Gasteiger partial charge in [-0.05, 0) is 0 Å². The van der Waals surface area contributed by atoms with Gasteiger partial charge in [-0.25, -0.2) is 0 Å². The molecule has 1 amide bonds. The zero-order valence-electron chi connectivity index (χ0n) is 10.2. The van der Waals surface area contributed by atoms with E-state index in [1.165, 1.54) is 14.2 Å². The fourth-order valence-corrected chi connectivity index (χ4v) is 1.34. The monoisotopic (exact) mass is 279 g/mol. The molecule has 1 N–H and O–H groups in total. The van der Waals surface area contributed by atoms with Crippen LogP contribution in [0.4, 0.5) is 13.2 Å². The molecule has 0 bridgehead atoms. The van der Waals surface area contributed by atoms with Crippen LogP contribution in [0.1, 0.15) is 22.5 Å². The van der Waals surface area contributed by atoms with Gasteiger partial charge in [0.05, 0.1) is 19.1 Å². The zero-order valence-corrected chi connectivity index (χ0v) is 10.2. The third-order valence-electron chi connectivity index (χ3n) is 2.18. The summed E-state index contributed by atoms with van der Waals surface area (Å²) in [6.45, 7) is -0.113. The van der Waals surface area contributed by atoms with Crippen LogP contribution < -0.4 is 5.32 Å².